The molecule has 5 heteroatoms. The minimum absolute atomic E-state index is 0.0968. The number of aromatic nitrogens is 1. The Morgan fingerprint density at radius 3 is 2.83 bits per heavy atom. The van der Waals surface area contributed by atoms with Gasteiger partial charge in [-0.05, 0) is 24.3 Å². The molecule has 0 aliphatic heterocycles. The SMILES string of the molecule is CCc1nc(N(C)CCc2cccs2)sc1CO. The molecule has 98 valence electrons. The molecule has 2 rings (SSSR count). The highest BCUT2D eigenvalue weighted by Gasteiger charge is 2.12. The molecule has 18 heavy (non-hydrogen) atoms. The fourth-order valence-corrected chi connectivity index (χ4v) is 3.46. The number of anilines is 1. The summed E-state index contributed by atoms with van der Waals surface area (Å²) >= 11 is 3.39. The molecule has 0 aromatic carbocycles. The molecule has 2 heterocycles. The van der Waals surface area contributed by atoms with E-state index in [1.54, 1.807) is 22.7 Å². The summed E-state index contributed by atoms with van der Waals surface area (Å²) < 4.78 is 0. The van der Waals surface area contributed by atoms with E-state index in [4.69, 9.17) is 0 Å². The van der Waals surface area contributed by atoms with Gasteiger partial charge in [-0.25, -0.2) is 4.98 Å². The van der Waals surface area contributed by atoms with Crippen LogP contribution >= 0.6 is 22.7 Å². The van der Waals surface area contributed by atoms with E-state index in [2.05, 4.69) is 41.4 Å². The van der Waals surface area contributed by atoms with Crippen molar-refractivity contribution in [3.63, 3.8) is 0 Å². The molecule has 0 aliphatic rings. The molecule has 0 spiro atoms. The Kier molecular flexibility index (Phi) is 4.74. The van der Waals surface area contributed by atoms with E-state index in [9.17, 15) is 5.11 Å². The van der Waals surface area contributed by atoms with E-state index >= 15 is 0 Å². The first-order valence-electron chi connectivity index (χ1n) is 6.07. The van der Waals surface area contributed by atoms with Crippen LogP contribution in [0.1, 0.15) is 22.4 Å². The molecule has 0 aliphatic carbocycles. The summed E-state index contributed by atoms with van der Waals surface area (Å²) in [6, 6.07) is 4.25. The van der Waals surface area contributed by atoms with Crippen molar-refractivity contribution in [2.24, 2.45) is 0 Å². The monoisotopic (exact) mass is 282 g/mol. The first kappa shape index (κ1) is 13.5. The van der Waals surface area contributed by atoms with Crippen LogP contribution in [0.5, 0.6) is 0 Å². The van der Waals surface area contributed by atoms with Gasteiger partial charge in [-0.3, -0.25) is 0 Å². The van der Waals surface area contributed by atoms with Gasteiger partial charge >= 0.3 is 0 Å². The Labute approximate surface area is 116 Å². The van der Waals surface area contributed by atoms with Gasteiger partial charge in [0.2, 0.25) is 0 Å². The summed E-state index contributed by atoms with van der Waals surface area (Å²) in [6.45, 7) is 3.13. The predicted molar refractivity (Wildman–Crippen MR) is 78.7 cm³/mol. The van der Waals surface area contributed by atoms with Gasteiger partial charge in [-0.1, -0.05) is 24.3 Å². The fourth-order valence-electron chi connectivity index (χ4n) is 1.76. The zero-order valence-electron chi connectivity index (χ0n) is 10.7. The van der Waals surface area contributed by atoms with E-state index in [-0.39, 0.29) is 6.61 Å². The Morgan fingerprint density at radius 1 is 1.44 bits per heavy atom. The number of hydrogen-bond donors (Lipinski definition) is 1. The van der Waals surface area contributed by atoms with Crippen LogP contribution in [0.25, 0.3) is 0 Å². The summed E-state index contributed by atoms with van der Waals surface area (Å²) in [4.78, 5) is 9.15. The van der Waals surface area contributed by atoms with E-state index in [0.717, 1.165) is 35.1 Å². The summed E-state index contributed by atoms with van der Waals surface area (Å²) in [5, 5.41) is 12.4. The third-order valence-electron chi connectivity index (χ3n) is 2.85. The topological polar surface area (TPSA) is 36.4 Å². The van der Waals surface area contributed by atoms with Crippen LogP contribution in [-0.4, -0.2) is 23.7 Å². The number of likely N-dealkylation sites (N-methyl/N-ethyl adjacent to an activating group) is 1. The number of aryl methyl sites for hydroxylation is 1. The van der Waals surface area contributed by atoms with Gasteiger partial charge in [-0.2, -0.15) is 0 Å². The van der Waals surface area contributed by atoms with Crippen LogP contribution in [0.4, 0.5) is 5.13 Å². The second-order valence-electron chi connectivity index (χ2n) is 4.13. The second-order valence-corrected chi connectivity index (χ2v) is 6.22. The van der Waals surface area contributed by atoms with Crippen molar-refractivity contribution >= 4 is 27.8 Å². The van der Waals surface area contributed by atoms with Crippen molar-refractivity contribution in [3.05, 3.63) is 33.0 Å². The molecule has 0 radical (unpaired) electrons. The minimum atomic E-state index is 0.0968. The number of thiophene rings is 1. The van der Waals surface area contributed by atoms with Gasteiger partial charge in [0.05, 0.1) is 17.2 Å². The third kappa shape index (κ3) is 3.10. The van der Waals surface area contributed by atoms with Crippen molar-refractivity contribution in [3.8, 4) is 0 Å². The maximum absolute atomic E-state index is 9.28. The summed E-state index contributed by atoms with van der Waals surface area (Å²) in [5.41, 5.74) is 1.03. The molecule has 0 unspecified atom stereocenters. The summed E-state index contributed by atoms with van der Waals surface area (Å²) in [7, 11) is 2.06. The number of aliphatic hydroxyl groups is 1. The molecular formula is C13H18N2OS2. The van der Waals surface area contributed by atoms with Gasteiger partial charge in [0.25, 0.3) is 0 Å². The zero-order valence-corrected chi connectivity index (χ0v) is 12.4. The Morgan fingerprint density at radius 2 is 2.28 bits per heavy atom. The maximum atomic E-state index is 9.28. The lowest BCUT2D eigenvalue weighted by Crippen LogP contribution is -2.19. The normalized spacial score (nSPS) is 10.8. The first-order valence-corrected chi connectivity index (χ1v) is 7.77. The molecular weight excluding hydrogens is 264 g/mol. The van der Waals surface area contributed by atoms with Crippen molar-refractivity contribution in [2.75, 3.05) is 18.5 Å². The molecule has 0 saturated carbocycles. The lowest BCUT2D eigenvalue weighted by Gasteiger charge is -2.14. The van der Waals surface area contributed by atoms with Gasteiger partial charge in [0.15, 0.2) is 5.13 Å². The summed E-state index contributed by atoms with van der Waals surface area (Å²) in [6.07, 6.45) is 1.93. The van der Waals surface area contributed by atoms with Gasteiger partial charge in [0, 0.05) is 18.5 Å². The molecule has 2 aromatic rings. The number of aliphatic hydroxyl groups excluding tert-OH is 1. The number of rotatable bonds is 6. The average Bonchev–Trinajstić information content (AvgIpc) is 3.04. The van der Waals surface area contributed by atoms with Crippen LogP contribution in [0.15, 0.2) is 17.5 Å². The fraction of sp³-hybridized carbons (Fsp3) is 0.462. The van der Waals surface area contributed by atoms with Crippen LogP contribution < -0.4 is 4.90 Å². The van der Waals surface area contributed by atoms with Gasteiger partial charge in [-0.15, -0.1) is 11.3 Å². The minimum Gasteiger partial charge on any atom is -0.391 e. The highest BCUT2D eigenvalue weighted by molar-refractivity contribution is 7.15. The van der Waals surface area contributed by atoms with E-state index in [0.29, 0.717) is 0 Å². The summed E-state index contributed by atoms with van der Waals surface area (Å²) in [5.74, 6) is 0. The van der Waals surface area contributed by atoms with Crippen LogP contribution in [-0.2, 0) is 19.4 Å². The molecule has 2 aromatic heterocycles. The molecule has 0 bridgehead atoms. The second kappa shape index (κ2) is 6.31. The zero-order chi connectivity index (χ0) is 13.0. The number of nitrogens with zero attached hydrogens (tertiary/aromatic N) is 2. The van der Waals surface area contributed by atoms with Crippen LogP contribution in [0, 0.1) is 0 Å². The lowest BCUT2D eigenvalue weighted by molar-refractivity contribution is 0.284. The van der Waals surface area contributed by atoms with Crippen molar-refractivity contribution in [1.82, 2.24) is 4.98 Å². The van der Waals surface area contributed by atoms with Gasteiger partial charge < -0.3 is 10.0 Å². The van der Waals surface area contributed by atoms with Crippen molar-refractivity contribution in [2.45, 2.75) is 26.4 Å². The van der Waals surface area contributed by atoms with E-state index < -0.39 is 0 Å². The largest absolute Gasteiger partial charge is 0.391 e. The van der Waals surface area contributed by atoms with Crippen molar-refractivity contribution in [1.29, 1.82) is 0 Å². The Balaban J connectivity index is 1.99. The number of hydrogen-bond acceptors (Lipinski definition) is 5. The molecule has 0 saturated heterocycles. The standard InChI is InChI=1S/C13H18N2OS2/c1-3-11-12(9-16)18-13(14-11)15(2)7-6-10-5-4-8-17-10/h4-5,8,16H,3,6-7,9H2,1-2H3. The van der Waals surface area contributed by atoms with E-state index in [1.807, 2.05) is 0 Å². The third-order valence-corrected chi connectivity index (χ3v) is 4.98. The van der Waals surface area contributed by atoms with Crippen LogP contribution in [0.3, 0.4) is 0 Å². The van der Waals surface area contributed by atoms with E-state index in [1.165, 1.54) is 4.88 Å². The Bertz CT molecular complexity index is 458. The highest BCUT2D eigenvalue weighted by atomic mass is 32.1. The highest BCUT2D eigenvalue weighted by Crippen LogP contribution is 2.26. The molecule has 0 atom stereocenters. The molecule has 1 N–H and O–H groups in total. The molecule has 0 amide bonds. The first-order chi connectivity index (χ1) is 8.74. The lowest BCUT2D eigenvalue weighted by atomic mass is 10.3. The molecule has 0 fully saturated rings. The van der Waals surface area contributed by atoms with Crippen molar-refractivity contribution < 1.29 is 5.11 Å². The Hall–Kier alpha value is -0.910. The van der Waals surface area contributed by atoms with Gasteiger partial charge in [0.1, 0.15) is 0 Å². The number of thiazole rings is 1. The molecule has 3 nitrogen and oxygen atoms in total. The quantitative estimate of drug-likeness (QED) is 0.885. The predicted octanol–water partition coefficient (Wildman–Crippen LogP) is 2.94. The smallest absolute Gasteiger partial charge is 0.185 e. The maximum Gasteiger partial charge on any atom is 0.185 e. The average molecular weight is 282 g/mol. The van der Waals surface area contributed by atoms with Crippen LogP contribution in [0.2, 0.25) is 0 Å².